The Kier molecular flexibility index (Phi) is 20.0. The Labute approximate surface area is 160 Å². The van der Waals surface area contributed by atoms with Gasteiger partial charge in [0.05, 0.1) is 13.2 Å². The lowest BCUT2D eigenvalue weighted by atomic mass is 10.0. The van der Waals surface area contributed by atoms with Crippen LogP contribution in [0.1, 0.15) is 79.1 Å². The van der Waals surface area contributed by atoms with Gasteiger partial charge >= 0.3 is 0 Å². The first kappa shape index (κ1) is 25.6. The number of hydrogen-bond donors (Lipinski definition) is 2. The molecular weight excluding hydrogens is 340 g/mol. The fourth-order valence-electron chi connectivity index (χ4n) is 2.20. The minimum absolute atomic E-state index is 0.171. The summed E-state index contributed by atoms with van der Waals surface area (Å²) < 4.78 is 10.2. The molecule has 2 atom stereocenters. The van der Waals surface area contributed by atoms with E-state index in [1.165, 1.54) is 38.5 Å². The van der Waals surface area contributed by atoms with Gasteiger partial charge in [0.2, 0.25) is 0 Å². The Balaban J connectivity index is 0. The maximum absolute atomic E-state index is 5.23. The van der Waals surface area contributed by atoms with Crippen LogP contribution >= 0.6 is 24.4 Å². The number of ether oxygens (including phenoxy) is 2. The molecule has 0 aromatic rings. The average Bonchev–Trinajstić information content (AvgIpc) is 2.55. The zero-order chi connectivity index (χ0) is 18.8. The van der Waals surface area contributed by atoms with Gasteiger partial charge < -0.3 is 20.9 Å². The van der Waals surface area contributed by atoms with Gasteiger partial charge in [-0.2, -0.15) is 0 Å². The summed E-state index contributed by atoms with van der Waals surface area (Å²) in [6.07, 6.45) is 9.72. The number of nitrogens with two attached hydrogens (primary N) is 2. The molecule has 0 aliphatic rings. The molecule has 0 amide bonds. The van der Waals surface area contributed by atoms with Gasteiger partial charge in [0.25, 0.3) is 10.3 Å². The van der Waals surface area contributed by atoms with Crippen molar-refractivity contribution in [3.05, 3.63) is 0 Å². The molecule has 144 valence electrons. The fraction of sp³-hybridized carbons (Fsp3) is 0.889. The lowest BCUT2D eigenvalue weighted by molar-refractivity contribution is 0.225. The summed E-state index contributed by atoms with van der Waals surface area (Å²) in [6, 6.07) is 0. The first-order valence-corrected chi connectivity index (χ1v) is 10.1. The summed E-state index contributed by atoms with van der Waals surface area (Å²) in [6.45, 7) is 10.1. The zero-order valence-corrected chi connectivity index (χ0v) is 17.6. The third kappa shape index (κ3) is 19.4. The summed E-state index contributed by atoms with van der Waals surface area (Å²) in [5, 5.41) is 0.342. The SMILES string of the molecule is CCCCC(CC)COC(N)=S.CCCCC(CC)COC(N)=S. The highest BCUT2D eigenvalue weighted by Crippen LogP contribution is 2.13. The van der Waals surface area contributed by atoms with E-state index in [1.807, 2.05) is 0 Å². The van der Waals surface area contributed by atoms with Crippen molar-refractivity contribution in [3.8, 4) is 0 Å². The Bertz CT molecular complexity index is 285. The lowest BCUT2D eigenvalue weighted by Crippen LogP contribution is -2.18. The van der Waals surface area contributed by atoms with E-state index in [1.54, 1.807) is 0 Å². The molecule has 24 heavy (non-hydrogen) atoms. The van der Waals surface area contributed by atoms with Crippen molar-refractivity contribution < 1.29 is 9.47 Å². The van der Waals surface area contributed by atoms with Crippen LogP contribution in [0, 0.1) is 11.8 Å². The summed E-state index contributed by atoms with van der Waals surface area (Å²) in [5.74, 6) is 1.23. The van der Waals surface area contributed by atoms with Crippen molar-refractivity contribution in [3.63, 3.8) is 0 Å². The molecule has 0 aromatic heterocycles. The molecule has 0 aromatic carbocycles. The van der Waals surface area contributed by atoms with Crippen molar-refractivity contribution in [1.29, 1.82) is 0 Å². The molecule has 0 aliphatic carbocycles. The van der Waals surface area contributed by atoms with Gasteiger partial charge in [-0.1, -0.05) is 66.2 Å². The van der Waals surface area contributed by atoms with Crippen molar-refractivity contribution in [2.24, 2.45) is 23.3 Å². The first-order chi connectivity index (χ1) is 11.4. The number of unbranched alkanes of at least 4 members (excludes halogenated alkanes) is 2. The van der Waals surface area contributed by atoms with E-state index >= 15 is 0 Å². The zero-order valence-electron chi connectivity index (χ0n) is 16.0. The highest BCUT2D eigenvalue weighted by atomic mass is 32.1. The third-order valence-corrected chi connectivity index (χ3v) is 4.24. The Morgan fingerprint density at radius 2 is 1.08 bits per heavy atom. The van der Waals surface area contributed by atoms with Crippen LogP contribution in [0.5, 0.6) is 0 Å². The highest BCUT2D eigenvalue weighted by molar-refractivity contribution is 7.80. The van der Waals surface area contributed by atoms with E-state index in [9.17, 15) is 0 Å². The summed E-state index contributed by atoms with van der Waals surface area (Å²) in [5.41, 5.74) is 10.5. The number of rotatable bonds is 12. The quantitative estimate of drug-likeness (QED) is 0.469. The van der Waals surface area contributed by atoms with E-state index in [0.717, 1.165) is 12.8 Å². The third-order valence-electron chi connectivity index (χ3n) is 4.01. The maximum Gasteiger partial charge on any atom is 0.253 e. The fourth-order valence-corrected chi connectivity index (χ4v) is 2.33. The molecule has 0 rings (SSSR count). The normalized spacial score (nSPS) is 12.5. The topological polar surface area (TPSA) is 70.5 Å². The van der Waals surface area contributed by atoms with Crippen molar-refractivity contribution in [2.75, 3.05) is 13.2 Å². The van der Waals surface area contributed by atoms with Gasteiger partial charge in [-0.05, 0) is 49.1 Å². The second-order valence-electron chi connectivity index (χ2n) is 6.09. The molecule has 0 saturated carbocycles. The predicted octanol–water partition coefficient (Wildman–Crippen LogP) is 4.93. The second-order valence-corrected chi connectivity index (χ2v) is 6.90. The van der Waals surface area contributed by atoms with Crippen LogP contribution < -0.4 is 11.5 Å². The molecule has 0 bridgehead atoms. The first-order valence-electron chi connectivity index (χ1n) is 9.25. The van der Waals surface area contributed by atoms with Crippen LogP contribution in [0.15, 0.2) is 0 Å². The standard InChI is InChI=1S/2C9H19NOS/c2*1-3-5-6-8(4-2)7-11-9(10)12/h2*8H,3-7H2,1-2H3,(H2,10,12). The summed E-state index contributed by atoms with van der Waals surface area (Å²) in [7, 11) is 0. The second kappa shape index (κ2) is 18.7. The molecule has 0 saturated heterocycles. The van der Waals surface area contributed by atoms with E-state index in [-0.39, 0.29) is 10.3 Å². The predicted molar refractivity (Wildman–Crippen MR) is 112 cm³/mol. The van der Waals surface area contributed by atoms with E-state index in [0.29, 0.717) is 25.0 Å². The molecular formula is C18H38N2O2S2. The van der Waals surface area contributed by atoms with Crippen LogP contribution in [0.2, 0.25) is 0 Å². The van der Waals surface area contributed by atoms with Gasteiger partial charge in [-0.3, -0.25) is 0 Å². The van der Waals surface area contributed by atoms with Crippen molar-refractivity contribution in [2.45, 2.75) is 79.1 Å². The van der Waals surface area contributed by atoms with E-state index in [2.05, 4.69) is 52.1 Å². The van der Waals surface area contributed by atoms with Crippen LogP contribution in [-0.4, -0.2) is 23.6 Å². The van der Waals surface area contributed by atoms with E-state index < -0.39 is 0 Å². The molecule has 0 radical (unpaired) electrons. The van der Waals surface area contributed by atoms with Gasteiger partial charge in [0.1, 0.15) is 0 Å². The maximum atomic E-state index is 5.23. The molecule has 6 heteroatoms. The minimum Gasteiger partial charge on any atom is -0.471 e. The monoisotopic (exact) mass is 378 g/mol. The highest BCUT2D eigenvalue weighted by Gasteiger charge is 2.07. The smallest absolute Gasteiger partial charge is 0.253 e. The molecule has 0 heterocycles. The van der Waals surface area contributed by atoms with Gasteiger partial charge in [-0.25, -0.2) is 0 Å². The molecule has 0 fully saturated rings. The number of thiocarbonyl (C=S) groups is 2. The van der Waals surface area contributed by atoms with Crippen LogP contribution in [0.4, 0.5) is 0 Å². The van der Waals surface area contributed by atoms with E-state index in [4.69, 9.17) is 20.9 Å². The van der Waals surface area contributed by atoms with Crippen LogP contribution in [0.25, 0.3) is 0 Å². The van der Waals surface area contributed by atoms with Gasteiger partial charge in [0, 0.05) is 0 Å². The average molecular weight is 379 g/mol. The Morgan fingerprint density at radius 1 is 0.750 bits per heavy atom. The van der Waals surface area contributed by atoms with Crippen molar-refractivity contribution >= 4 is 34.8 Å². The Morgan fingerprint density at radius 3 is 1.29 bits per heavy atom. The number of hydrogen-bond acceptors (Lipinski definition) is 4. The van der Waals surface area contributed by atoms with Crippen LogP contribution in [0.3, 0.4) is 0 Å². The Hall–Kier alpha value is -0.620. The van der Waals surface area contributed by atoms with Crippen molar-refractivity contribution in [1.82, 2.24) is 0 Å². The molecule has 4 nitrogen and oxygen atoms in total. The minimum atomic E-state index is 0.171. The van der Waals surface area contributed by atoms with Crippen LogP contribution in [-0.2, 0) is 9.47 Å². The molecule has 0 aliphatic heterocycles. The molecule has 0 spiro atoms. The van der Waals surface area contributed by atoms with Gasteiger partial charge in [-0.15, -0.1) is 0 Å². The summed E-state index contributed by atoms with van der Waals surface area (Å²) in [4.78, 5) is 0. The lowest BCUT2D eigenvalue weighted by Gasteiger charge is -2.13. The molecule has 2 unspecified atom stereocenters. The largest absolute Gasteiger partial charge is 0.471 e. The van der Waals surface area contributed by atoms with Gasteiger partial charge in [0.15, 0.2) is 0 Å². The molecule has 4 N–H and O–H groups in total. The summed E-state index contributed by atoms with van der Waals surface area (Å²) >= 11 is 9.26.